The smallest absolute Gasteiger partial charge is 0.335 e. The summed E-state index contributed by atoms with van der Waals surface area (Å²) in [4.78, 5) is 35.3. The highest BCUT2D eigenvalue weighted by Crippen LogP contribution is 2.22. The molecular formula is C18H22N4O2. The molecule has 24 heavy (non-hydrogen) atoms. The lowest BCUT2D eigenvalue weighted by Gasteiger charge is -2.32. The average molecular weight is 326 g/mol. The van der Waals surface area contributed by atoms with Crippen molar-refractivity contribution in [3.8, 4) is 11.3 Å². The third-order valence-electron chi connectivity index (χ3n) is 4.43. The van der Waals surface area contributed by atoms with E-state index in [1.54, 1.807) is 11.0 Å². The minimum absolute atomic E-state index is 0.144. The Morgan fingerprint density at radius 1 is 1.12 bits per heavy atom. The Kier molecular flexibility index (Phi) is 4.49. The molecule has 1 aromatic heterocycles. The van der Waals surface area contributed by atoms with Gasteiger partial charge in [-0.15, -0.1) is 0 Å². The van der Waals surface area contributed by atoms with Gasteiger partial charge in [0.2, 0.25) is 0 Å². The van der Waals surface area contributed by atoms with Gasteiger partial charge in [0.05, 0.1) is 5.69 Å². The molecular weight excluding hydrogens is 304 g/mol. The number of aryl methyl sites for hydroxylation is 2. The zero-order valence-corrected chi connectivity index (χ0v) is 14.3. The molecule has 1 fully saturated rings. The molecule has 2 aromatic rings. The molecule has 1 aliphatic rings. The van der Waals surface area contributed by atoms with E-state index < -0.39 is 5.69 Å². The Balaban J connectivity index is 1.96. The number of carbonyl (C=O) groups excluding carboxylic acids is 1. The molecule has 1 amide bonds. The van der Waals surface area contributed by atoms with Crippen molar-refractivity contribution in [2.45, 2.75) is 13.8 Å². The lowest BCUT2D eigenvalue weighted by atomic mass is 10.0. The summed E-state index contributed by atoms with van der Waals surface area (Å²) < 4.78 is 0. The molecule has 6 nitrogen and oxygen atoms in total. The van der Waals surface area contributed by atoms with E-state index in [-0.39, 0.29) is 5.91 Å². The number of aromatic nitrogens is 2. The van der Waals surface area contributed by atoms with Gasteiger partial charge in [-0.05, 0) is 38.6 Å². The van der Waals surface area contributed by atoms with Gasteiger partial charge in [-0.2, -0.15) is 4.98 Å². The van der Waals surface area contributed by atoms with Gasteiger partial charge in [-0.1, -0.05) is 17.7 Å². The van der Waals surface area contributed by atoms with E-state index in [1.807, 2.05) is 39.1 Å². The first kappa shape index (κ1) is 16.4. The van der Waals surface area contributed by atoms with Crippen LogP contribution in [0.15, 0.2) is 29.1 Å². The number of nitrogens with one attached hydrogen (secondary N) is 1. The number of rotatable bonds is 2. The maximum atomic E-state index is 12.7. The van der Waals surface area contributed by atoms with Crippen molar-refractivity contribution in [1.82, 2.24) is 19.8 Å². The van der Waals surface area contributed by atoms with Crippen molar-refractivity contribution in [2.75, 3.05) is 33.2 Å². The molecule has 6 heteroatoms. The molecule has 2 heterocycles. The Bertz CT molecular complexity index is 820. The van der Waals surface area contributed by atoms with Crippen molar-refractivity contribution in [3.63, 3.8) is 0 Å². The molecule has 0 radical (unpaired) electrons. The number of amides is 1. The fraction of sp³-hybridized carbons (Fsp3) is 0.389. The number of hydrogen-bond acceptors (Lipinski definition) is 4. The van der Waals surface area contributed by atoms with E-state index in [9.17, 15) is 9.59 Å². The number of likely N-dealkylation sites (N-methyl/N-ethyl adjacent to an activating group) is 1. The highest BCUT2D eigenvalue weighted by atomic mass is 16.2. The van der Waals surface area contributed by atoms with Crippen molar-refractivity contribution < 1.29 is 4.79 Å². The number of piperazine rings is 1. The highest BCUT2D eigenvalue weighted by molar-refractivity contribution is 5.93. The Hall–Kier alpha value is -2.47. The molecule has 0 atom stereocenters. The van der Waals surface area contributed by atoms with Crippen LogP contribution in [0, 0.1) is 13.8 Å². The summed E-state index contributed by atoms with van der Waals surface area (Å²) in [6, 6.07) is 7.68. The molecule has 1 aliphatic heterocycles. The Labute approximate surface area is 141 Å². The van der Waals surface area contributed by atoms with Crippen LogP contribution in [-0.4, -0.2) is 58.9 Å². The number of hydrogen-bond donors (Lipinski definition) is 1. The number of carbonyl (C=O) groups is 1. The molecule has 1 aromatic carbocycles. The standard InChI is InChI=1S/C18H22N4O2/c1-12-4-5-13(2)14(10-12)15-11-16(20-18(24)19-15)17(23)22-8-6-21(3)7-9-22/h4-5,10-11H,6-9H2,1-3H3,(H,19,20,24). The third kappa shape index (κ3) is 3.38. The van der Waals surface area contributed by atoms with Gasteiger partial charge in [0.1, 0.15) is 5.69 Å². The van der Waals surface area contributed by atoms with Crippen LogP contribution >= 0.6 is 0 Å². The molecule has 0 bridgehead atoms. The fourth-order valence-corrected chi connectivity index (χ4v) is 2.90. The number of aromatic amines is 1. The second-order valence-corrected chi connectivity index (χ2v) is 6.40. The van der Waals surface area contributed by atoms with E-state index in [1.165, 1.54) is 0 Å². The minimum atomic E-state index is -0.495. The van der Waals surface area contributed by atoms with Crippen LogP contribution in [0.25, 0.3) is 11.3 Å². The zero-order chi connectivity index (χ0) is 17.3. The maximum Gasteiger partial charge on any atom is 0.346 e. The first-order chi connectivity index (χ1) is 11.4. The largest absolute Gasteiger partial charge is 0.346 e. The van der Waals surface area contributed by atoms with Crippen molar-refractivity contribution in [1.29, 1.82) is 0 Å². The van der Waals surface area contributed by atoms with Gasteiger partial charge in [0.15, 0.2) is 0 Å². The van der Waals surface area contributed by atoms with Crippen LogP contribution in [0.5, 0.6) is 0 Å². The van der Waals surface area contributed by atoms with E-state index in [4.69, 9.17) is 0 Å². The molecule has 3 rings (SSSR count). The van der Waals surface area contributed by atoms with E-state index in [0.717, 1.165) is 29.8 Å². The number of benzene rings is 1. The summed E-state index contributed by atoms with van der Waals surface area (Å²) in [5.41, 5.74) is 3.34. The number of nitrogens with zero attached hydrogens (tertiary/aromatic N) is 3. The molecule has 0 saturated carbocycles. The van der Waals surface area contributed by atoms with Gasteiger partial charge in [0, 0.05) is 31.7 Å². The second kappa shape index (κ2) is 6.57. The van der Waals surface area contributed by atoms with Crippen molar-refractivity contribution >= 4 is 5.91 Å². The Morgan fingerprint density at radius 2 is 1.83 bits per heavy atom. The molecule has 0 unspecified atom stereocenters. The summed E-state index contributed by atoms with van der Waals surface area (Å²) in [5.74, 6) is -0.144. The molecule has 0 aliphatic carbocycles. The SMILES string of the molecule is Cc1ccc(C)c(-c2cc(C(=O)N3CCN(C)CC3)[nH]c(=O)n2)c1. The van der Waals surface area contributed by atoms with Gasteiger partial charge in [0.25, 0.3) is 5.91 Å². The van der Waals surface area contributed by atoms with Crippen LogP contribution in [0.2, 0.25) is 0 Å². The summed E-state index contributed by atoms with van der Waals surface area (Å²) in [5, 5.41) is 0. The van der Waals surface area contributed by atoms with Crippen LogP contribution in [0.1, 0.15) is 21.6 Å². The quantitative estimate of drug-likeness (QED) is 0.907. The maximum absolute atomic E-state index is 12.7. The predicted molar refractivity (Wildman–Crippen MR) is 93.2 cm³/mol. The highest BCUT2D eigenvalue weighted by Gasteiger charge is 2.22. The van der Waals surface area contributed by atoms with Crippen LogP contribution < -0.4 is 5.69 Å². The topological polar surface area (TPSA) is 69.3 Å². The predicted octanol–water partition coefficient (Wildman–Crippen LogP) is 1.44. The van der Waals surface area contributed by atoms with Crippen LogP contribution in [-0.2, 0) is 0 Å². The van der Waals surface area contributed by atoms with Gasteiger partial charge in [-0.25, -0.2) is 4.79 Å². The lowest BCUT2D eigenvalue weighted by Crippen LogP contribution is -2.47. The monoisotopic (exact) mass is 326 g/mol. The third-order valence-corrected chi connectivity index (χ3v) is 4.43. The molecule has 126 valence electrons. The van der Waals surface area contributed by atoms with Crippen molar-refractivity contribution in [2.24, 2.45) is 0 Å². The second-order valence-electron chi connectivity index (χ2n) is 6.40. The summed E-state index contributed by atoms with van der Waals surface area (Å²) in [7, 11) is 2.04. The first-order valence-electron chi connectivity index (χ1n) is 8.11. The van der Waals surface area contributed by atoms with Crippen molar-refractivity contribution in [3.05, 3.63) is 51.6 Å². The van der Waals surface area contributed by atoms with Gasteiger partial charge in [-0.3, -0.25) is 4.79 Å². The van der Waals surface area contributed by atoms with Gasteiger partial charge < -0.3 is 14.8 Å². The first-order valence-corrected chi connectivity index (χ1v) is 8.11. The normalized spacial score (nSPS) is 15.5. The molecule has 1 N–H and O–H groups in total. The zero-order valence-electron chi connectivity index (χ0n) is 14.3. The lowest BCUT2D eigenvalue weighted by molar-refractivity contribution is 0.0657. The summed E-state index contributed by atoms with van der Waals surface area (Å²) >= 11 is 0. The molecule has 0 spiro atoms. The van der Waals surface area contributed by atoms with E-state index in [2.05, 4.69) is 14.9 Å². The van der Waals surface area contributed by atoms with E-state index >= 15 is 0 Å². The fourth-order valence-electron chi connectivity index (χ4n) is 2.90. The Morgan fingerprint density at radius 3 is 2.54 bits per heavy atom. The van der Waals surface area contributed by atoms with E-state index in [0.29, 0.717) is 24.5 Å². The average Bonchev–Trinajstić information content (AvgIpc) is 2.56. The van der Waals surface area contributed by atoms with Crippen LogP contribution in [0.3, 0.4) is 0 Å². The van der Waals surface area contributed by atoms with Gasteiger partial charge >= 0.3 is 5.69 Å². The minimum Gasteiger partial charge on any atom is -0.335 e. The summed E-state index contributed by atoms with van der Waals surface area (Å²) in [6.45, 7) is 6.97. The summed E-state index contributed by atoms with van der Waals surface area (Å²) in [6.07, 6.45) is 0. The molecule has 1 saturated heterocycles. The number of H-pyrrole nitrogens is 1. The van der Waals surface area contributed by atoms with Crippen LogP contribution in [0.4, 0.5) is 0 Å².